The van der Waals surface area contributed by atoms with E-state index in [0.717, 1.165) is 18.8 Å². The molecule has 14 heavy (non-hydrogen) atoms. The molecule has 1 aromatic carbocycles. The SMILES string of the molecule is Nc1cccc(N2CCCSCC2)c1. The van der Waals surface area contributed by atoms with Crippen molar-refractivity contribution in [1.82, 2.24) is 0 Å². The summed E-state index contributed by atoms with van der Waals surface area (Å²) in [6.45, 7) is 2.31. The Hall–Kier alpha value is -0.830. The molecule has 2 nitrogen and oxygen atoms in total. The maximum atomic E-state index is 5.77. The normalized spacial score (nSPS) is 17.9. The van der Waals surface area contributed by atoms with E-state index in [0.29, 0.717) is 0 Å². The fraction of sp³-hybridized carbons (Fsp3) is 0.455. The van der Waals surface area contributed by atoms with Gasteiger partial charge in [0, 0.05) is 30.2 Å². The topological polar surface area (TPSA) is 29.3 Å². The van der Waals surface area contributed by atoms with E-state index in [4.69, 9.17) is 5.73 Å². The quantitative estimate of drug-likeness (QED) is 0.717. The van der Waals surface area contributed by atoms with Gasteiger partial charge < -0.3 is 10.6 Å². The summed E-state index contributed by atoms with van der Waals surface area (Å²) in [4.78, 5) is 2.43. The van der Waals surface area contributed by atoms with E-state index in [1.807, 2.05) is 23.9 Å². The third-order valence-corrected chi connectivity index (χ3v) is 3.51. The van der Waals surface area contributed by atoms with Gasteiger partial charge in [-0.3, -0.25) is 0 Å². The first-order valence-electron chi connectivity index (χ1n) is 5.04. The minimum absolute atomic E-state index is 0.861. The van der Waals surface area contributed by atoms with Crippen LogP contribution in [-0.4, -0.2) is 24.6 Å². The molecule has 0 radical (unpaired) electrons. The number of thioether (sulfide) groups is 1. The fourth-order valence-corrected chi connectivity index (χ4v) is 2.61. The first-order valence-corrected chi connectivity index (χ1v) is 6.20. The van der Waals surface area contributed by atoms with Crippen molar-refractivity contribution in [3.05, 3.63) is 24.3 Å². The lowest BCUT2D eigenvalue weighted by molar-refractivity contribution is 0.816. The van der Waals surface area contributed by atoms with Gasteiger partial charge in [0.2, 0.25) is 0 Å². The number of hydrogen-bond donors (Lipinski definition) is 1. The van der Waals surface area contributed by atoms with Gasteiger partial charge in [-0.15, -0.1) is 0 Å². The molecule has 0 bridgehead atoms. The van der Waals surface area contributed by atoms with Gasteiger partial charge in [-0.25, -0.2) is 0 Å². The van der Waals surface area contributed by atoms with Crippen LogP contribution in [0.1, 0.15) is 6.42 Å². The first-order chi connectivity index (χ1) is 6.86. The number of rotatable bonds is 1. The molecule has 1 aliphatic heterocycles. The predicted octanol–water partition coefficient (Wildman–Crippen LogP) is 2.21. The van der Waals surface area contributed by atoms with Crippen molar-refractivity contribution < 1.29 is 0 Å². The molecule has 76 valence electrons. The monoisotopic (exact) mass is 208 g/mol. The van der Waals surface area contributed by atoms with Crippen LogP contribution in [0.2, 0.25) is 0 Å². The van der Waals surface area contributed by atoms with Crippen LogP contribution < -0.4 is 10.6 Å². The third-order valence-electron chi connectivity index (χ3n) is 2.46. The maximum Gasteiger partial charge on any atom is 0.0387 e. The largest absolute Gasteiger partial charge is 0.399 e. The molecule has 0 unspecified atom stereocenters. The Balaban J connectivity index is 2.12. The summed E-state index contributed by atoms with van der Waals surface area (Å²) in [7, 11) is 0. The van der Waals surface area contributed by atoms with Crippen LogP contribution in [0.5, 0.6) is 0 Å². The highest BCUT2D eigenvalue weighted by Crippen LogP contribution is 2.20. The molecule has 1 fully saturated rings. The number of nitrogen functional groups attached to an aromatic ring is 1. The number of anilines is 2. The number of benzene rings is 1. The standard InChI is InChI=1S/C11H16N2S/c12-10-3-1-4-11(9-10)13-5-2-7-14-8-6-13/h1,3-4,9H,2,5-8,12H2. The molecule has 0 atom stereocenters. The van der Waals surface area contributed by atoms with Gasteiger partial charge in [0.25, 0.3) is 0 Å². The molecule has 0 spiro atoms. The summed E-state index contributed by atoms with van der Waals surface area (Å²) >= 11 is 2.05. The van der Waals surface area contributed by atoms with Crippen molar-refractivity contribution in [1.29, 1.82) is 0 Å². The van der Waals surface area contributed by atoms with E-state index >= 15 is 0 Å². The Bertz CT molecular complexity index is 293. The van der Waals surface area contributed by atoms with E-state index < -0.39 is 0 Å². The van der Waals surface area contributed by atoms with E-state index in [1.54, 1.807) is 0 Å². The molecule has 0 aromatic heterocycles. The van der Waals surface area contributed by atoms with Crippen LogP contribution in [0.25, 0.3) is 0 Å². The summed E-state index contributed by atoms with van der Waals surface area (Å²) in [6.07, 6.45) is 1.28. The number of nitrogens with zero attached hydrogens (tertiary/aromatic N) is 1. The van der Waals surface area contributed by atoms with Gasteiger partial charge in [0.05, 0.1) is 0 Å². The van der Waals surface area contributed by atoms with Crippen LogP contribution in [0, 0.1) is 0 Å². The number of nitrogens with two attached hydrogens (primary N) is 1. The fourth-order valence-electron chi connectivity index (χ4n) is 1.73. The molecule has 2 N–H and O–H groups in total. The zero-order valence-electron chi connectivity index (χ0n) is 8.28. The zero-order valence-corrected chi connectivity index (χ0v) is 9.09. The minimum Gasteiger partial charge on any atom is -0.399 e. The molecule has 0 amide bonds. The Morgan fingerprint density at radius 1 is 1.21 bits per heavy atom. The summed E-state index contributed by atoms with van der Waals surface area (Å²) in [5, 5.41) is 0. The van der Waals surface area contributed by atoms with Crippen LogP contribution in [0.3, 0.4) is 0 Å². The molecule has 3 heteroatoms. The van der Waals surface area contributed by atoms with E-state index in [1.165, 1.54) is 23.6 Å². The highest BCUT2D eigenvalue weighted by molar-refractivity contribution is 7.99. The minimum atomic E-state index is 0.861. The average Bonchev–Trinajstić information content (AvgIpc) is 2.45. The molecule has 1 saturated heterocycles. The lowest BCUT2D eigenvalue weighted by Gasteiger charge is -2.22. The summed E-state index contributed by atoms with van der Waals surface area (Å²) in [5.74, 6) is 2.52. The highest BCUT2D eigenvalue weighted by Gasteiger charge is 2.09. The van der Waals surface area contributed by atoms with Crippen molar-refractivity contribution in [2.24, 2.45) is 0 Å². The highest BCUT2D eigenvalue weighted by atomic mass is 32.2. The van der Waals surface area contributed by atoms with Crippen molar-refractivity contribution in [2.45, 2.75) is 6.42 Å². The number of hydrogen-bond acceptors (Lipinski definition) is 3. The predicted molar refractivity (Wildman–Crippen MR) is 65.0 cm³/mol. The third kappa shape index (κ3) is 2.35. The van der Waals surface area contributed by atoms with Gasteiger partial charge in [-0.2, -0.15) is 11.8 Å². The second-order valence-electron chi connectivity index (χ2n) is 3.55. The Labute approximate surface area is 89.5 Å². The van der Waals surface area contributed by atoms with E-state index in [2.05, 4.69) is 17.0 Å². The Kier molecular flexibility index (Phi) is 3.19. The lowest BCUT2D eigenvalue weighted by atomic mass is 10.2. The molecule has 2 rings (SSSR count). The Morgan fingerprint density at radius 2 is 2.14 bits per heavy atom. The molecular formula is C11H16N2S. The first kappa shape index (κ1) is 9.71. The molecule has 1 aromatic rings. The maximum absolute atomic E-state index is 5.77. The molecule has 1 heterocycles. The second kappa shape index (κ2) is 4.60. The average molecular weight is 208 g/mol. The Morgan fingerprint density at radius 3 is 3.00 bits per heavy atom. The smallest absolute Gasteiger partial charge is 0.0387 e. The summed E-state index contributed by atoms with van der Waals surface area (Å²) < 4.78 is 0. The van der Waals surface area contributed by atoms with E-state index in [9.17, 15) is 0 Å². The molecular weight excluding hydrogens is 192 g/mol. The van der Waals surface area contributed by atoms with Gasteiger partial charge in [0.1, 0.15) is 0 Å². The van der Waals surface area contributed by atoms with Crippen molar-refractivity contribution in [3.8, 4) is 0 Å². The van der Waals surface area contributed by atoms with Gasteiger partial charge in [0.15, 0.2) is 0 Å². The molecule has 0 saturated carbocycles. The second-order valence-corrected chi connectivity index (χ2v) is 4.77. The molecule has 0 aliphatic carbocycles. The van der Waals surface area contributed by atoms with Crippen LogP contribution in [0.4, 0.5) is 11.4 Å². The van der Waals surface area contributed by atoms with Crippen LogP contribution >= 0.6 is 11.8 Å². The van der Waals surface area contributed by atoms with Gasteiger partial charge in [-0.1, -0.05) is 6.07 Å². The summed E-state index contributed by atoms with van der Waals surface area (Å²) in [6, 6.07) is 8.18. The molecule has 1 aliphatic rings. The van der Waals surface area contributed by atoms with Gasteiger partial charge in [-0.05, 0) is 30.4 Å². The van der Waals surface area contributed by atoms with Crippen LogP contribution in [-0.2, 0) is 0 Å². The lowest BCUT2D eigenvalue weighted by Crippen LogP contribution is -2.25. The van der Waals surface area contributed by atoms with Gasteiger partial charge >= 0.3 is 0 Å². The zero-order chi connectivity index (χ0) is 9.80. The van der Waals surface area contributed by atoms with Crippen molar-refractivity contribution in [3.63, 3.8) is 0 Å². The summed E-state index contributed by atoms with van der Waals surface area (Å²) in [5.41, 5.74) is 7.90. The van der Waals surface area contributed by atoms with Crippen LogP contribution in [0.15, 0.2) is 24.3 Å². The van der Waals surface area contributed by atoms with Crippen molar-refractivity contribution >= 4 is 23.1 Å². The van der Waals surface area contributed by atoms with Crippen molar-refractivity contribution in [2.75, 3.05) is 35.2 Å². The van der Waals surface area contributed by atoms with E-state index in [-0.39, 0.29) is 0 Å².